The lowest BCUT2D eigenvalue weighted by atomic mass is 9.48. The van der Waals surface area contributed by atoms with Crippen molar-refractivity contribution in [3.63, 3.8) is 0 Å². The van der Waals surface area contributed by atoms with Gasteiger partial charge in [-0.15, -0.1) is 0 Å². The molecule has 7 heteroatoms. The number of aryl methyl sites for hydroxylation is 1. The molecule has 2 aliphatic carbocycles. The maximum atomic E-state index is 13.4. The molecule has 1 spiro atoms. The van der Waals surface area contributed by atoms with Gasteiger partial charge in [-0.25, -0.2) is 0 Å². The van der Waals surface area contributed by atoms with E-state index in [1.54, 1.807) is 17.0 Å². The molecule has 2 heterocycles. The number of phenols is 1. The first-order valence-corrected chi connectivity index (χ1v) is 13.1. The zero-order chi connectivity index (χ0) is 26.1. The fourth-order valence-corrected chi connectivity index (χ4v) is 7.78. The Morgan fingerprint density at radius 3 is 2.81 bits per heavy atom. The molecule has 2 aromatic carbocycles. The number of hydrogen-bond acceptors (Lipinski definition) is 6. The van der Waals surface area contributed by atoms with Gasteiger partial charge in [0.25, 0.3) is 0 Å². The Morgan fingerprint density at radius 2 is 2.05 bits per heavy atom. The van der Waals surface area contributed by atoms with Gasteiger partial charge in [0.05, 0.1) is 17.5 Å². The quantitative estimate of drug-likeness (QED) is 0.509. The second-order valence-corrected chi connectivity index (χ2v) is 11.2. The van der Waals surface area contributed by atoms with Crippen molar-refractivity contribution in [3.8, 4) is 11.5 Å². The monoisotopic (exact) mass is 502 g/mol. The average Bonchev–Trinajstić information content (AvgIpc) is 3.21. The van der Waals surface area contributed by atoms with E-state index in [0.29, 0.717) is 18.6 Å². The van der Waals surface area contributed by atoms with Gasteiger partial charge in [-0.05, 0) is 69.5 Å². The zero-order valence-electron chi connectivity index (χ0n) is 21.9. The maximum absolute atomic E-state index is 13.4. The van der Waals surface area contributed by atoms with Crippen molar-refractivity contribution in [2.45, 2.75) is 68.7 Å². The molecule has 2 aromatic rings. The molecule has 0 unspecified atom stereocenters. The summed E-state index contributed by atoms with van der Waals surface area (Å²) in [5, 5.41) is 10.9. The molecule has 5 atom stereocenters. The molecular formula is C30H34N2O5. The molecule has 4 aliphatic rings. The minimum atomic E-state index is -0.777. The summed E-state index contributed by atoms with van der Waals surface area (Å²) in [7, 11) is 3.92. The normalized spacial score (nSPS) is 31.5. The lowest BCUT2D eigenvalue weighted by Crippen LogP contribution is -2.78. The number of phenolic OH excluding ortho intramolecular Hbond substituents is 1. The first-order valence-electron chi connectivity index (χ1n) is 13.1. The molecule has 1 saturated carbocycles. The van der Waals surface area contributed by atoms with Crippen molar-refractivity contribution in [1.29, 1.82) is 0 Å². The van der Waals surface area contributed by atoms with Crippen LogP contribution < -0.4 is 4.74 Å². The minimum Gasteiger partial charge on any atom is -0.504 e. The van der Waals surface area contributed by atoms with E-state index in [1.807, 2.05) is 50.4 Å². The number of amides is 1. The number of benzene rings is 2. The Hall–Kier alpha value is -3.32. The summed E-state index contributed by atoms with van der Waals surface area (Å²) in [5.41, 5.74) is 2.81. The highest BCUT2D eigenvalue weighted by Gasteiger charge is 2.75. The third kappa shape index (κ3) is 3.29. The Morgan fingerprint density at radius 1 is 1.24 bits per heavy atom. The van der Waals surface area contributed by atoms with Crippen LogP contribution in [0, 0.1) is 6.92 Å². The van der Waals surface area contributed by atoms with Gasteiger partial charge in [-0.3, -0.25) is 14.5 Å². The van der Waals surface area contributed by atoms with Crippen LogP contribution in [0.4, 0.5) is 0 Å². The standard InChI is InChI=1S/C30H34N2O5/c1-18-6-5-7-20(16-18)8-11-25(35)32(4)22-12-13-30(37-19(2)33)24-17-21-9-10-23(34)27-26(21)29(30,28(22)36-27)14-15-31(24)3/h5-11,16,22,24,28,34H,12-15,17H2,1-4H3/t22-,24-,28+,29+,30-/m1/s1. The number of aromatic hydroxyl groups is 1. The van der Waals surface area contributed by atoms with Gasteiger partial charge in [0.15, 0.2) is 11.5 Å². The van der Waals surface area contributed by atoms with Crippen molar-refractivity contribution >= 4 is 18.0 Å². The number of esters is 1. The molecular weight excluding hydrogens is 468 g/mol. The highest BCUT2D eigenvalue weighted by Crippen LogP contribution is 2.66. The van der Waals surface area contributed by atoms with E-state index in [-0.39, 0.29) is 29.7 Å². The first kappa shape index (κ1) is 24.0. The Kier molecular flexibility index (Phi) is 5.42. The molecule has 0 radical (unpaired) electrons. The van der Waals surface area contributed by atoms with Crippen LogP contribution in [-0.4, -0.2) is 71.2 Å². The SMILES string of the molecule is CC(=O)O[C@@]12CC[C@@H](N(C)C(=O)C=Cc3cccc(C)c3)[C@@H]3Oc4c(O)ccc5c4[C@@]31CCN(C)[C@@H]2C5. The molecule has 6 rings (SSSR count). The Balaban J connectivity index is 1.42. The van der Waals surface area contributed by atoms with Crippen LogP contribution in [0.15, 0.2) is 42.5 Å². The number of hydrogen-bond donors (Lipinski definition) is 1. The summed E-state index contributed by atoms with van der Waals surface area (Å²) in [5.74, 6) is 0.181. The van der Waals surface area contributed by atoms with E-state index >= 15 is 0 Å². The number of nitrogens with zero attached hydrogens (tertiary/aromatic N) is 2. The number of rotatable bonds is 4. The second-order valence-electron chi connectivity index (χ2n) is 11.2. The fraction of sp³-hybridized carbons (Fsp3) is 0.467. The maximum Gasteiger partial charge on any atom is 0.303 e. The Bertz CT molecular complexity index is 1320. The largest absolute Gasteiger partial charge is 0.504 e. The smallest absolute Gasteiger partial charge is 0.303 e. The summed E-state index contributed by atoms with van der Waals surface area (Å²) in [4.78, 5) is 30.1. The molecule has 1 amide bonds. The van der Waals surface area contributed by atoms with Crippen LogP contribution >= 0.6 is 0 Å². The van der Waals surface area contributed by atoms with Gasteiger partial charge in [0, 0.05) is 25.6 Å². The predicted molar refractivity (Wildman–Crippen MR) is 139 cm³/mol. The highest BCUT2D eigenvalue weighted by molar-refractivity contribution is 5.92. The number of carbonyl (C=O) groups is 2. The van der Waals surface area contributed by atoms with Gasteiger partial charge in [0.1, 0.15) is 11.7 Å². The van der Waals surface area contributed by atoms with Crippen molar-refractivity contribution in [1.82, 2.24) is 9.80 Å². The van der Waals surface area contributed by atoms with E-state index in [9.17, 15) is 14.7 Å². The van der Waals surface area contributed by atoms with Gasteiger partial charge >= 0.3 is 5.97 Å². The zero-order valence-corrected chi connectivity index (χ0v) is 21.9. The van der Waals surface area contributed by atoms with Gasteiger partial charge in [0.2, 0.25) is 5.91 Å². The van der Waals surface area contributed by atoms with Crippen LogP contribution in [0.2, 0.25) is 0 Å². The molecule has 2 fully saturated rings. The van der Waals surface area contributed by atoms with Crippen LogP contribution in [0.3, 0.4) is 0 Å². The van der Waals surface area contributed by atoms with E-state index in [0.717, 1.165) is 41.6 Å². The molecule has 37 heavy (non-hydrogen) atoms. The van der Waals surface area contributed by atoms with E-state index in [1.165, 1.54) is 6.92 Å². The lowest BCUT2D eigenvalue weighted by Gasteiger charge is -2.65. The number of likely N-dealkylation sites (N-methyl/N-ethyl adjacent to an activating group) is 2. The predicted octanol–water partition coefficient (Wildman–Crippen LogP) is 3.60. The van der Waals surface area contributed by atoms with Crippen LogP contribution in [0.1, 0.15) is 48.4 Å². The molecule has 194 valence electrons. The van der Waals surface area contributed by atoms with Crippen molar-refractivity contribution in [2.75, 3.05) is 20.6 Å². The van der Waals surface area contributed by atoms with Crippen molar-refractivity contribution in [3.05, 3.63) is 64.7 Å². The van der Waals surface area contributed by atoms with E-state index in [2.05, 4.69) is 11.9 Å². The minimum absolute atomic E-state index is 0.00224. The summed E-state index contributed by atoms with van der Waals surface area (Å²) in [6, 6.07) is 11.5. The molecule has 1 N–H and O–H groups in total. The fourth-order valence-electron chi connectivity index (χ4n) is 7.78. The molecule has 1 saturated heterocycles. The third-order valence-corrected chi connectivity index (χ3v) is 9.29. The Labute approximate surface area is 217 Å². The molecule has 2 aliphatic heterocycles. The average molecular weight is 503 g/mol. The lowest BCUT2D eigenvalue weighted by molar-refractivity contribution is -0.220. The second kappa shape index (κ2) is 8.35. The number of carbonyl (C=O) groups excluding carboxylic acids is 2. The van der Waals surface area contributed by atoms with Crippen LogP contribution in [0.5, 0.6) is 11.5 Å². The van der Waals surface area contributed by atoms with E-state index in [4.69, 9.17) is 9.47 Å². The van der Waals surface area contributed by atoms with Crippen LogP contribution in [0.25, 0.3) is 6.08 Å². The number of ether oxygens (including phenoxy) is 2. The molecule has 7 nitrogen and oxygen atoms in total. The summed E-state index contributed by atoms with van der Waals surface area (Å²) in [6.07, 6.45) is 5.73. The summed E-state index contributed by atoms with van der Waals surface area (Å²) in [6.45, 7) is 4.32. The first-order chi connectivity index (χ1) is 17.7. The third-order valence-electron chi connectivity index (χ3n) is 9.29. The van der Waals surface area contributed by atoms with Crippen molar-refractivity contribution in [2.24, 2.45) is 0 Å². The van der Waals surface area contributed by atoms with Gasteiger partial charge in [-0.2, -0.15) is 0 Å². The van der Waals surface area contributed by atoms with Gasteiger partial charge < -0.3 is 19.5 Å². The number of piperidine rings is 1. The highest BCUT2D eigenvalue weighted by atomic mass is 16.6. The topological polar surface area (TPSA) is 79.3 Å². The summed E-state index contributed by atoms with van der Waals surface area (Å²) >= 11 is 0. The number of likely N-dealkylation sites (tertiary alicyclic amines) is 1. The molecule has 2 bridgehead atoms. The molecule has 0 aromatic heterocycles. The van der Waals surface area contributed by atoms with Crippen LogP contribution in [-0.2, 0) is 26.2 Å². The van der Waals surface area contributed by atoms with E-state index < -0.39 is 17.1 Å². The van der Waals surface area contributed by atoms with Gasteiger partial charge in [-0.1, -0.05) is 35.9 Å². The summed E-state index contributed by atoms with van der Waals surface area (Å²) < 4.78 is 13.0. The van der Waals surface area contributed by atoms with Crippen molar-refractivity contribution < 1.29 is 24.2 Å².